The van der Waals surface area contributed by atoms with Crippen LogP contribution in [0.25, 0.3) is 0 Å². The Morgan fingerprint density at radius 3 is 1.71 bits per heavy atom. The molecule has 0 amide bonds. The Labute approximate surface area is 129 Å². The smallest absolute Gasteiger partial charge is 0.118 e. The molecule has 1 heteroatoms. The molecule has 2 aromatic rings. The molecule has 0 bridgehead atoms. The third-order valence-corrected chi connectivity index (χ3v) is 4.11. The fourth-order valence-electron chi connectivity index (χ4n) is 2.72. The summed E-state index contributed by atoms with van der Waals surface area (Å²) >= 11 is 0. The van der Waals surface area contributed by atoms with Crippen LogP contribution in [0.2, 0.25) is 0 Å². The van der Waals surface area contributed by atoms with Gasteiger partial charge in [-0.15, -0.1) is 0 Å². The third-order valence-electron chi connectivity index (χ3n) is 4.11. The van der Waals surface area contributed by atoms with E-state index in [2.05, 4.69) is 64.1 Å². The first-order valence-electron chi connectivity index (χ1n) is 7.70. The van der Waals surface area contributed by atoms with E-state index in [1.165, 1.54) is 16.7 Å². The standard InChI is InChI=1S/C20H26O/c1-6-19(16-9-13-18(21-5)14-10-16)15-7-11-17(12-8-15)20(2,3)4/h7-14,19H,6H2,1-5H3. The van der Waals surface area contributed by atoms with Crippen molar-refractivity contribution in [1.82, 2.24) is 0 Å². The van der Waals surface area contributed by atoms with Gasteiger partial charge in [0.05, 0.1) is 7.11 Å². The lowest BCUT2D eigenvalue weighted by molar-refractivity contribution is 0.414. The van der Waals surface area contributed by atoms with Gasteiger partial charge in [-0.2, -0.15) is 0 Å². The maximum atomic E-state index is 5.24. The van der Waals surface area contributed by atoms with Gasteiger partial charge >= 0.3 is 0 Å². The fourth-order valence-corrected chi connectivity index (χ4v) is 2.72. The number of benzene rings is 2. The molecule has 21 heavy (non-hydrogen) atoms. The second kappa shape index (κ2) is 6.34. The SMILES string of the molecule is CCC(c1ccc(OC)cc1)c1ccc(C(C)(C)C)cc1. The van der Waals surface area contributed by atoms with E-state index in [9.17, 15) is 0 Å². The van der Waals surface area contributed by atoms with Crippen molar-refractivity contribution in [3.05, 3.63) is 65.2 Å². The first-order chi connectivity index (χ1) is 9.95. The highest BCUT2D eigenvalue weighted by atomic mass is 16.5. The van der Waals surface area contributed by atoms with Crippen LogP contribution in [0.15, 0.2) is 48.5 Å². The largest absolute Gasteiger partial charge is 0.497 e. The average molecular weight is 282 g/mol. The molecule has 0 fully saturated rings. The molecule has 0 aliphatic carbocycles. The second-order valence-electron chi connectivity index (χ2n) is 6.61. The maximum absolute atomic E-state index is 5.24. The summed E-state index contributed by atoms with van der Waals surface area (Å²) in [6.07, 6.45) is 1.10. The van der Waals surface area contributed by atoms with Crippen molar-refractivity contribution in [3.63, 3.8) is 0 Å². The lowest BCUT2D eigenvalue weighted by atomic mass is 9.84. The molecule has 112 valence electrons. The van der Waals surface area contributed by atoms with Gasteiger partial charge in [-0.25, -0.2) is 0 Å². The zero-order valence-corrected chi connectivity index (χ0v) is 13.8. The molecular formula is C20H26O. The number of hydrogen-bond donors (Lipinski definition) is 0. The highest BCUT2D eigenvalue weighted by Crippen LogP contribution is 2.31. The van der Waals surface area contributed by atoms with Gasteiger partial charge in [-0.05, 0) is 40.7 Å². The number of methoxy groups -OCH3 is 1. The van der Waals surface area contributed by atoms with Gasteiger partial charge in [-0.1, -0.05) is 64.1 Å². The average Bonchev–Trinajstić information content (AvgIpc) is 2.48. The van der Waals surface area contributed by atoms with Gasteiger partial charge in [0.25, 0.3) is 0 Å². The minimum atomic E-state index is 0.209. The van der Waals surface area contributed by atoms with E-state index < -0.39 is 0 Å². The Morgan fingerprint density at radius 2 is 1.33 bits per heavy atom. The molecule has 0 aliphatic rings. The van der Waals surface area contributed by atoms with Gasteiger partial charge in [0, 0.05) is 5.92 Å². The molecule has 0 spiro atoms. The summed E-state index contributed by atoms with van der Waals surface area (Å²) in [5.74, 6) is 1.36. The maximum Gasteiger partial charge on any atom is 0.118 e. The van der Waals surface area contributed by atoms with Gasteiger partial charge in [0.2, 0.25) is 0 Å². The summed E-state index contributed by atoms with van der Waals surface area (Å²) in [6, 6.07) is 17.5. The van der Waals surface area contributed by atoms with Gasteiger partial charge in [0.15, 0.2) is 0 Å². The highest BCUT2D eigenvalue weighted by Gasteiger charge is 2.16. The van der Waals surface area contributed by atoms with Crippen LogP contribution in [-0.2, 0) is 5.41 Å². The zero-order chi connectivity index (χ0) is 15.5. The van der Waals surface area contributed by atoms with E-state index in [4.69, 9.17) is 4.74 Å². The molecule has 1 nitrogen and oxygen atoms in total. The molecule has 0 heterocycles. The van der Waals surface area contributed by atoms with Crippen LogP contribution in [0.4, 0.5) is 0 Å². The van der Waals surface area contributed by atoms with Gasteiger partial charge < -0.3 is 4.74 Å². The van der Waals surface area contributed by atoms with Crippen molar-refractivity contribution in [3.8, 4) is 5.75 Å². The molecule has 0 radical (unpaired) electrons. The Hall–Kier alpha value is -1.76. The fraction of sp³-hybridized carbons (Fsp3) is 0.400. The summed E-state index contributed by atoms with van der Waals surface area (Å²) in [6.45, 7) is 9.00. The van der Waals surface area contributed by atoms with Gasteiger partial charge in [-0.3, -0.25) is 0 Å². The van der Waals surface area contributed by atoms with E-state index in [1.807, 2.05) is 12.1 Å². The Morgan fingerprint density at radius 1 is 0.857 bits per heavy atom. The molecule has 0 aliphatic heterocycles. The van der Waals surface area contributed by atoms with Crippen LogP contribution >= 0.6 is 0 Å². The minimum Gasteiger partial charge on any atom is -0.497 e. The topological polar surface area (TPSA) is 9.23 Å². The van der Waals surface area contributed by atoms with Crippen molar-refractivity contribution in [2.45, 2.75) is 45.4 Å². The van der Waals surface area contributed by atoms with Crippen molar-refractivity contribution in [2.24, 2.45) is 0 Å². The van der Waals surface area contributed by atoms with Crippen LogP contribution in [0.1, 0.15) is 56.7 Å². The van der Waals surface area contributed by atoms with E-state index in [1.54, 1.807) is 7.11 Å². The number of rotatable bonds is 4. The predicted octanol–water partition coefficient (Wildman–Crippen LogP) is 5.53. The van der Waals surface area contributed by atoms with Gasteiger partial charge in [0.1, 0.15) is 5.75 Å². The zero-order valence-electron chi connectivity index (χ0n) is 13.8. The second-order valence-corrected chi connectivity index (χ2v) is 6.61. The molecule has 1 atom stereocenters. The normalized spacial score (nSPS) is 13.0. The monoisotopic (exact) mass is 282 g/mol. The van der Waals surface area contributed by atoms with Crippen molar-refractivity contribution >= 4 is 0 Å². The summed E-state index contributed by atoms with van der Waals surface area (Å²) in [4.78, 5) is 0. The van der Waals surface area contributed by atoms with E-state index >= 15 is 0 Å². The van der Waals surface area contributed by atoms with E-state index in [0.717, 1.165) is 12.2 Å². The van der Waals surface area contributed by atoms with Crippen LogP contribution in [-0.4, -0.2) is 7.11 Å². The summed E-state index contributed by atoms with van der Waals surface area (Å²) < 4.78 is 5.24. The quantitative estimate of drug-likeness (QED) is 0.716. The summed E-state index contributed by atoms with van der Waals surface area (Å²) in [5.41, 5.74) is 4.33. The highest BCUT2D eigenvalue weighted by molar-refractivity contribution is 5.38. The molecule has 1 unspecified atom stereocenters. The van der Waals surface area contributed by atoms with E-state index in [-0.39, 0.29) is 5.41 Å². The molecule has 0 N–H and O–H groups in total. The minimum absolute atomic E-state index is 0.209. The molecule has 0 saturated carbocycles. The Balaban J connectivity index is 2.28. The summed E-state index contributed by atoms with van der Waals surface area (Å²) in [5, 5.41) is 0. The first-order valence-corrected chi connectivity index (χ1v) is 7.70. The van der Waals surface area contributed by atoms with E-state index in [0.29, 0.717) is 5.92 Å². The predicted molar refractivity (Wildman–Crippen MR) is 90.3 cm³/mol. The molecule has 0 saturated heterocycles. The van der Waals surface area contributed by atoms with Crippen LogP contribution < -0.4 is 4.74 Å². The van der Waals surface area contributed by atoms with Crippen LogP contribution in [0.3, 0.4) is 0 Å². The van der Waals surface area contributed by atoms with Crippen LogP contribution in [0.5, 0.6) is 5.75 Å². The number of ether oxygens (including phenoxy) is 1. The Bertz CT molecular complexity index is 558. The summed E-state index contributed by atoms with van der Waals surface area (Å²) in [7, 11) is 1.71. The van der Waals surface area contributed by atoms with Crippen LogP contribution in [0, 0.1) is 0 Å². The lowest BCUT2D eigenvalue weighted by Crippen LogP contribution is -2.11. The Kier molecular flexibility index (Phi) is 4.72. The van der Waals surface area contributed by atoms with Crippen molar-refractivity contribution < 1.29 is 4.74 Å². The molecule has 2 rings (SSSR count). The van der Waals surface area contributed by atoms with Crippen molar-refractivity contribution in [2.75, 3.05) is 7.11 Å². The first kappa shape index (κ1) is 15.6. The molecule has 2 aromatic carbocycles. The number of hydrogen-bond acceptors (Lipinski definition) is 1. The molecule has 0 aromatic heterocycles. The van der Waals surface area contributed by atoms with Crippen molar-refractivity contribution in [1.29, 1.82) is 0 Å². The lowest BCUT2D eigenvalue weighted by Gasteiger charge is -2.21. The third kappa shape index (κ3) is 3.66. The molecular weight excluding hydrogens is 256 g/mol.